The van der Waals surface area contributed by atoms with E-state index in [1.54, 1.807) is 4.90 Å². The molecule has 0 aliphatic heterocycles. The van der Waals surface area contributed by atoms with Crippen molar-refractivity contribution in [3.8, 4) is 0 Å². The summed E-state index contributed by atoms with van der Waals surface area (Å²) in [5.74, 6) is 0.0544. The molecule has 0 aliphatic rings. The van der Waals surface area contributed by atoms with Gasteiger partial charge in [0.1, 0.15) is 0 Å². The number of carbonyl (C=O) groups excluding carboxylic acids is 1. The fraction of sp³-hybridized carbons (Fsp3) is 0.846. The summed E-state index contributed by atoms with van der Waals surface area (Å²) in [7, 11) is 5.88. The van der Waals surface area contributed by atoms with E-state index < -0.39 is 5.41 Å². The monoisotopic (exact) mass is 273 g/mol. The van der Waals surface area contributed by atoms with Crippen LogP contribution in [-0.2, 0) is 4.79 Å². The number of carbonyl (C=O) groups is 1. The second-order valence-electron chi connectivity index (χ2n) is 5.04. The molecule has 0 bridgehead atoms. The topological polar surface area (TPSA) is 49.6 Å². The van der Waals surface area contributed by atoms with Gasteiger partial charge in [-0.3, -0.25) is 4.79 Å². The number of hydrogen-bond acceptors (Lipinski definition) is 3. The van der Waals surface area contributed by atoms with E-state index >= 15 is 0 Å². The molecule has 0 spiro atoms. The van der Waals surface area contributed by atoms with Gasteiger partial charge in [-0.1, -0.05) is 26.1 Å². The Bertz CT molecular complexity index is 288. The molecule has 0 aromatic carbocycles. The van der Waals surface area contributed by atoms with Crippen LogP contribution in [0.15, 0.2) is 0 Å². The molecule has 0 radical (unpaired) electrons. The molecular weight excluding hydrogens is 246 g/mol. The van der Waals surface area contributed by atoms with E-state index in [0.29, 0.717) is 17.8 Å². The Balaban J connectivity index is 4.63. The van der Waals surface area contributed by atoms with Crippen molar-refractivity contribution in [2.75, 3.05) is 34.2 Å². The Morgan fingerprint density at radius 2 is 1.67 bits per heavy atom. The standard InChI is InChI=1S/C13H27N3OS/c1-6-13(7-2,11(14)18)12(17)16(5)10-8-9-15(3)4/h6-10H2,1-5H3,(H2,14,18). The highest BCUT2D eigenvalue weighted by atomic mass is 32.1. The molecule has 0 aromatic heterocycles. The second-order valence-corrected chi connectivity index (χ2v) is 5.48. The summed E-state index contributed by atoms with van der Waals surface area (Å²) in [4.78, 5) is 16.7. The Morgan fingerprint density at radius 1 is 1.17 bits per heavy atom. The normalized spacial score (nSPS) is 11.7. The fourth-order valence-electron chi connectivity index (χ4n) is 2.10. The Kier molecular flexibility index (Phi) is 7.40. The molecule has 4 nitrogen and oxygen atoms in total. The summed E-state index contributed by atoms with van der Waals surface area (Å²) in [6, 6.07) is 0. The summed E-state index contributed by atoms with van der Waals surface area (Å²) in [6.45, 7) is 5.64. The third-order valence-corrected chi connectivity index (χ3v) is 3.92. The minimum Gasteiger partial charge on any atom is -0.392 e. The van der Waals surface area contributed by atoms with Gasteiger partial charge in [0.2, 0.25) is 5.91 Å². The lowest BCUT2D eigenvalue weighted by Crippen LogP contribution is -2.49. The minimum atomic E-state index is -0.664. The first-order valence-corrected chi connectivity index (χ1v) is 6.92. The molecule has 0 heterocycles. The van der Waals surface area contributed by atoms with Gasteiger partial charge in [0.25, 0.3) is 0 Å². The van der Waals surface area contributed by atoms with Crippen LogP contribution in [0.4, 0.5) is 0 Å². The average molecular weight is 273 g/mol. The number of rotatable bonds is 8. The molecule has 0 saturated heterocycles. The van der Waals surface area contributed by atoms with Gasteiger partial charge in [0.05, 0.1) is 10.4 Å². The van der Waals surface area contributed by atoms with Gasteiger partial charge < -0.3 is 15.5 Å². The van der Waals surface area contributed by atoms with Crippen LogP contribution in [-0.4, -0.2) is 54.9 Å². The summed E-state index contributed by atoms with van der Waals surface area (Å²) in [5.41, 5.74) is 5.12. The van der Waals surface area contributed by atoms with Crippen LogP contribution in [0, 0.1) is 5.41 Å². The SMILES string of the molecule is CCC(CC)(C(=O)N(C)CCCN(C)C)C(N)=S. The van der Waals surface area contributed by atoms with Crippen LogP contribution in [0.25, 0.3) is 0 Å². The molecule has 106 valence electrons. The van der Waals surface area contributed by atoms with E-state index in [4.69, 9.17) is 18.0 Å². The highest BCUT2D eigenvalue weighted by Crippen LogP contribution is 2.29. The number of amides is 1. The van der Waals surface area contributed by atoms with Crippen LogP contribution in [0.3, 0.4) is 0 Å². The summed E-state index contributed by atoms with van der Waals surface area (Å²) in [5, 5.41) is 0. The first-order chi connectivity index (χ1) is 8.31. The number of nitrogens with zero attached hydrogens (tertiary/aromatic N) is 2. The van der Waals surface area contributed by atoms with Crippen molar-refractivity contribution in [2.45, 2.75) is 33.1 Å². The van der Waals surface area contributed by atoms with Crippen LogP contribution < -0.4 is 5.73 Å². The molecule has 18 heavy (non-hydrogen) atoms. The van der Waals surface area contributed by atoms with Crippen LogP contribution in [0.1, 0.15) is 33.1 Å². The van der Waals surface area contributed by atoms with Crippen molar-refractivity contribution >= 4 is 23.1 Å². The Hall–Kier alpha value is -0.680. The van der Waals surface area contributed by atoms with Crippen molar-refractivity contribution in [2.24, 2.45) is 11.1 Å². The van der Waals surface area contributed by atoms with Crippen LogP contribution in [0.2, 0.25) is 0 Å². The number of hydrogen-bond donors (Lipinski definition) is 1. The van der Waals surface area contributed by atoms with Crippen molar-refractivity contribution in [1.29, 1.82) is 0 Å². The minimum absolute atomic E-state index is 0.0544. The predicted octanol–water partition coefficient (Wildman–Crippen LogP) is 1.49. The number of thiocarbonyl (C=S) groups is 1. The van der Waals surface area contributed by atoms with E-state index in [-0.39, 0.29) is 5.91 Å². The Morgan fingerprint density at radius 3 is 2.00 bits per heavy atom. The number of nitrogens with two attached hydrogens (primary N) is 1. The molecule has 0 saturated carbocycles. The van der Waals surface area contributed by atoms with Gasteiger partial charge in [-0.15, -0.1) is 0 Å². The highest BCUT2D eigenvalue weighted by Gasteiger charge is 2.39. The maximum Gasteiger partial charge on any atom is 0.235 e. The summed E-state index contributed by atoms with van der Waals surface area (Å²) >= 11 is 5.10. The first-order valence-electron chi connectivity index (χ1n) is 6.52. The van der Waals surface area contributed by atoms with E-state index in [1.165, 1.54) is 0 Å². The molecule has 0 atom stereocenters. The molecule has 1 amide bonds. The molecule has 0 aliphatic carbocycles. The quantitative estimate of drug-likeness (QED) is 0.681. The molecular formula is C13H27N3OS. The molecule has 2 N–H and O–H groups in total. The van der Waals surface area contributed by atoms with Gasteiger partial charge >= 0.3 is 0 Å². The average Bonchev–Trinajstić information content (AvgIpc) is 2.30. The van der Waals surface area contributed by atoms with Gasteiger partial charge in [-0.05, 0) is 39.9 Å². The van der Waals surface area contributed by atoms with Gasteiger partial charge in [0, 0.05) is 13.6 Å². The lowest BCUT2D eigenvalue weighted by molar-refractivity contribution is -0.137. The zero-order chi connectivity index (χ0) is 14.3. The third kappa shape index (κ3) is 4.21. The highest BCUT2D eigenvalue weighted by molar-refractivity contribution is 7.80. The van der Waals surface area contributed by atoms with Crippen LogP contribution in [0.5, 0.6) is 0 Å². The molecule has 0 unspecified atom stereocenters. The van der Waals surface area contributed by atoms with Crippen molar-refractivity contribution in [3.05, 3.63) is 0 Å². The molecule has 0 fully saturated rings. The van der Waals surface area contributed by atoms with Gasteiger partial charge in [-0.25, -0.2) is 0 Å². The van der Waals surface area contributed by atoms with Crippen molar-refractivity contribution in [1.82, 2.24) is 9.80 Å². The van der Waals surface area contributed by atoms with Crippen molar-refractivity contribution < 1.29 is 4.79 Å². The fourth-order valence-corrected chi connectivity index (χ4v) is 2.47. The Labute approximate surface area is 116 Å². The van der Waals surface area contributed by atoms with E-state index in [1.807, 2.05) is 35.0 Å². The van der Waals surface area contributed by atoms with Gasteiger partial charge in [-0.2, -0.15) is 0 Å². The maximum atomic E-state index is 12.5. The maximum absolute atomic E-state index is 12.5. The van der Waals surface area contributed by atoms with E-state index in [2.05, 4.69) is 4.90 Å². The molecule has 0 aromatic rings. The lowest BCUT2D eigenvalue weighted by Gasteiger charge is -2.33. The van der Waals surface area contributed by atoms with Crippen LogP contribution >= 0.6 is 12.2 Å². The largest absolute Gasteiger partial charge is 0.392 e. The zero-order valence-electron chi connectivity index (χ0n) is 12.3. The zero-order valence-corrected chi connectivity index (χ0v) is 13.1. The molecule has 5 heteroatoms. The van der Waals surface area contributed by atoms with E-state index in [0.717, 1.165) is 19.5 Å². The molecule has 0 rings (SSSR count). The summed E-state index contributed by atoms with van der Waals surface area (Å²) in [6.07, 6.45) is 2.28. The second kappa shape index (κ2) is 7.69. The smallest absolute Gasteiger partial charge is 0.235 e. The first kappa shape index (κ1) is 17.3. The van der Waals surface area contributed by atoms with Crippen molar-refractivity contribution in [3.63, 3.8) is 0 Å². The predicted molar refractivity (Wildman–Crippen MR) is 80.6 cm³/mol. The summed E-state index contributed by atoms with van der Waals surface area (Å²) < 4.78 is 0. The van der Waals surface area contributed by atoms with E-state index in [9.17, 15) is 4.79 Å². The van der Waals surface area contributed by atoms with Gasteiger partial charge in [0.15, 0.2) is 0 Å². The third-order valence-electron chi connectivity index (χ3n) is 3.53. The lowest BCUT2D eigenvalue weighted by atomic mass is 9.81.